The van der Waals surface area contributed by atoms with Crippen LogP contribution in [0.5, 0.6) is 0 Å². The van der Waals surface area contributed by atoms with Crippen molar-refractivity contribution < 1.29 is 9.59 Å². The highest BCUT2D eigenvalue weighted by molar-refractivity contribution is 8.04. The van der Waals surface area contributed by atoms with E-state index in [-0.39, 0.29) is 11.8 Å². The summed E-state index contributed by atoms with van der Waals surface area (Å²) in [7, 11) is 0. The number of aryl methyl sites for hydroxylation is 1. The van der Waals surface area contributed by atoms with Crippen molar-refractivity contribution in [3.8, 4) is 0 Å². The lowest BCUT2D eigenvalue weighted by Gasteiger charge is -2.18. The summed E-state index contributed by atoms with van der Waals surface area (Å²) >= 11 is 7.57. The van der Waals surface area contributed by atoms with Crippen molar-refractivity contribution in [1.29, 1.82) is 0 Å². The van der Waals surface area contributed by atoms with Gasteiger partial charge in [0, 0.05) is 9.92 Å². The summed E-state index contributed by atoms with van der Waals surface area (Å²) in [6.07, 6.45) is 0. The van der Waals surface area contributed by atoms with E-state index >= 15 is 0 Å². The molecule has 29 heavy (non-hydrogen) atoms. The van der Waals surface area contributed by atoms with Crippen molar-refractivity contribution in [2.24, 2.45) is 0 Å². The van der Waals surface area contributed by atoms with Gasteiger partial charge in [-0.05, 0) is 49.2 Å². The average molecular weight is 420 g/mol. The van der Waals surface area contributed by atoms with Crippen LogP contribution >= 0.6 is 23.4 Å². The Morgan fingerprint density at radius 3 is 2.17 bits per heavy atom. The number of hydrogen-bond donors (Lipinski definition) is 0. The lowest BCUT2D eigenvalue weighted by Crippen LogP contribution is -2.32. The van der Waals surface area contributed by atoms with Crippen LogP contribution in [0.2, 0.25) is 5.02 Å². The molecule has 144 valence electrons. The Hall–Kier alpha value is -2.82. The second-order valence-corrected chi connectivity index (χ2v) is 8.31. The van der Waals surface area contributed by atoms with Crippen molar-refractivity contribution in [2.75, 3.05) is 4.90 Å². The summed E-state index contributed by atoms with van der Waals surface area (Å²) in [6, 6.07) is 22.5. The van der Waals surface area contributed by atoms with Gasteiger partial charge in [0.2, 0.25) is 0 Å². The van der Waals surface area contributed by atoms with Crippen molar-refractivity contribution in [2.45, 2.75) is 18.7 Å². The maximum absolute atomic E-state index is 13.5. The molecular weight excluding hydrogens is 402 g/mol. The molecule has 1 heterocycles. The lowest BCUT2D eigenvalue weighted by molar-refractivity contribution is -0.119. The molecule has 0 radical (unpaired) electrons. The van der Waals surface area contributed by atoms with Gasteiger partial charge < -0.3 is 0 Å². The Balaban J connectivity index is 1.85. The van der Waals surface area contributed by atoms with E-state index in [2.05, 4.69) is 0 Å². The molecule has 2 amide bonds. The minimum absolute atomic E-state index is 0.329. The summed E-state index contributed by atoms with van der Waals surface area (Å²) in [5.41, 5.74) is 3.45. The molecule has 3 nitrogen and oxygen atoms in total. The number of carbonyl (C=O) groups is 2. The summed E-state index contributed by atoms with van der Waals surface area (Å²) in [4.78, 5) is 29.4. The van der Waals surface area contributed by atoms with Crippen LogP contribution in [-0.2, 0) is 9.59 Å². The molecule has 0 aliphatic carbocycles. The zero-order valence-electron chi connectivity index (χ0n) is 16.0. The summed E-state index contributed by atoms with van der Waals surface area (Å²) < 4.78 is 0. The van der Waals surface area contributed by atoms with Gasteiger partial charge in [-0.1, -0.05) is 77.5 Å². The topological polar surface area (TPSA) is 37.4 Å². The molecule has 4 rings (SSSR count). The molecule has 1 aliphatic heterocycles. The third-order valence-corrected chi connectivity index (χ3v) is 6.32. The smallest absolute Gasteiger partial charge is 0.268 e. The second kappa shape index (κ2) is 7.90. The number of nitrogens with zero attached hydrogens (tertiary/aromatic N) is 1. The number of rotatable bonds is 4. The highest BCUT2D eigenvalue weighted by Crippen LogP contribution is 2.42. The van der Waals surface area contributed by atoms with Crippen molar-refractivity contribution >= 4 is 46.4 Å². The van der Waals surface area contributed by atoms with Crippen LogP contribution in [0.25, 0.3) is 5.57 Å². The van der Waals surface area contributed by atoms with E-state index in [1.165, 1.54) is 16.7 Å². The van der Waals surface area contributed by atoms with Gasteiger partial charge in [-0.3, -0.25) is 9.59 Å². The van der Waals surface area contributed by atoms with Crippen molar-refractivity contribution in [1.82, 2.24) is 0 Å². The molecule has 0 bridgehead atoms. The Morgan fingerprint density at radius 1 is 0.793 bits per heavy atom. The fraction of sp³-hybridized carbons (Fsp3) is 0.0833. The van der Waals surface area contributed by atoms with Gasteiger partial charge in [0.15, 0.2) is 0 Å². The van der Waals surface area contributed by atoms with E-state index < -0.39 is 0 Å². The Kier molecular flexibility index (Phi) is 5.31. The molecule has 0 spiro atoms. The fourth-order valence-electron chi connectivity index (χ4n) is 3.24. The van der Waals surface area contributed by atoms with Crippen LogP contribution in [0.1, 0.15) is 16.7 Å². The van der Waals surface area contributed by atoms with E-state index in [1.54, 1.807) is 18.2 Å². The van der Waals surface area contributed by atoms with E-state index in [4.69, 9.17) is 11.6 Å². The van der Waals surface area contributed by atoms with Crippen LogP contribution in [0.4, 0.5) is 5.69 Å². The number of imide groups is 1. The van der Waals surface area contributed by atoms with Crippen LogP contribution in [0.15, 0.2) is 82.6 Å². The molecule has 0 unspecified atom stereocenters. The second-order valence-electron chi connectivity index (χ2n) is 6.81. The fourth-order valence-corrected chi connectivity index (χ4v) is 4.43. The molecular formula is C24H18ClNO2S. The number of benzene rings is 3. The van der Waals surface area contributed by atoms with Gasteiger partial charge in [0.25, 0.3) is 11.8 Å². The van der Waals surface area contributed by atoms with Gasteiger partial charge in [-0.15, -0.1) is 0 Å². The van der Waals surface area contributed by atoms with Crippen LogP contribution in [-0.4, -0.2) is 11.8 Å². The maximum atomic E-state index is 13.5. The third kappa shape index (κ3) is 3.61. The molecule has 0 saturated heterocycles. The molecule has 0 N–H and O–H groups in total. The van der Waals surface area contributed by atoms with Crippen LogP contribution in [0.3, 0.4) is 0 Å². The SMILES string of the molecule is Cc1ccc(C2=C(Sc3ccccc3)C(=O)N(c3cccc(Cl)c3C)C2=O)cc1. The quantitative estimate of drug-likeness (QED) is 0.484. The number of halogens is 1. The zero-order valence-corrected chi connectivity index (χ0v) is 17.6. The molecule has 1 aliphatic rings. The summed E-state index contributed by atoms with van der Waals surface area (Å²) in [5, 5.41) is 0.518. The van der Waals surface area contributed by atoms with Crippen LogP contribution < -0.4 is 4.90 Å². The van der Waals surface area contributed by atoms with Gasteiger partial charge in [-0.2, -0.15) is 0 Å². The van der Waals surface area contributed by atoms with E-state index in [0.29, 0.717) is 26.8 Å². The van der Waals surface area contributed by atoms with E-state index in [9.17, 15) is 9.59 Å². The Labute approximate surface area is 179 Å². The summed E-state index contributed by atoms with van der Waals surface area (Å²) in [6.45, 7) is 3.80. The standard InChI is InChI=1S/C24H18ClNO2S/c1-15-11-13-17(14-12-15)21-22(29-18-7-4-3-5-8-18)24(28)26(23(21)27)20-10-6-9-19(25)16(20)2/h3-14H,1-2H3. The first kappa shape index (κ1) is 19.5. The third-order valence-electron chi connectivity index (χ3n) is 4.82. The van der Waals surface area contributed by atoms with Gasteiger partial charge in [-0.25, -0.2) is 4.90 Å². The molecule has 3 aromatic carbocycles. The largest absolute Gasteiger partial charge is 0.272 e. The Morgan fingerprint density at radius 2 is 1.48 bits per heavy atom. The molecule has 0 atom stereocenters. The van der Waals surface area contributed by atoms with Gasteiger partial charge >= 0.3 is 0 Å². The maximum Gasteiger partial charge on any atom is 0.272 e. The molecule has 5 heteroatoms. The van der Waals surface area contributed by atoms with E-state index in [0.717, 1.165) is 16.0 Å². The van der Waals surface area contributed by atoms with Crippen molar-refractivity contribution in [3.05, 3.63) is 99.4 Å². The Bertz CT molecular complexity index is 1140. The highest BCUT2D eigenvalue weighted by atomic mass is 35.5. The first-order chi connectivity index (χ1) is 14.0. The number of thioether (sulfide) groups is 1. The van der Waals surface area contributed by atoms with Gasteiger partial charge in [0.05, 0.1) is 16.2 Å². The molecule has 0 aromatic heterocycles. The number of anilines is 1. The van der Waals surface area contributed by atoms with E-state index in [1.807, 2.05) is 68.4 Å². The number of carbonyl (C=O) groups excluding carboxylic acids is 2. The lowest BCUT2D eigenvalue weighted by atomic mass is 10.0. The predicted molar refractivity (Wildman–Crippen MR) is 119 cm³/mol. The molecule has 3 aromatic rings. The predicted octanol–water partition coefficient (Wildman–Crippen LogP) is 6.03. The number of hydrogen-bond acceptors (Lipinski definition) is 3. The zero-order chi connectivity index (χ0) is 20.5. The van der Waals surface area contributed by atoms with Crippen molar-refractivity contribution in [3.63, 3.8) is 0 Å². The minimum Gasteiger partial charge on any atom is -0.268 e. The monoisotopic (exact) mass is 419 g/mol. The summed E-state index contributed by atoms with van der Waals surface area (Å²) in [5.74, 6) is -0.660. The number of amides is 2. The minimum atomic E-state index is -0.331. The molecule has 0 saturated carbocycles. The first-order valence-corrected chi connectivity index (χ1v) is 10.3. The first-order valence-electron chi connectivity index (χ1n) is 9.15. The normalized spacial score (nSPS) is 14.1. The van der Waals surface area contributed by atoms with Crippen LogP contribution in [0, 0.1) is 13.8 Å². The highest BCUT2D eigenvalue weighted by Gasteiger charge is 2.41. The average Bonchev–Trinajstić information content (AvgIpc) is 2.96. The van der Waals surface area contributed by atoms with Gasteiger partial charge in [0.1, 0.15) is 0 Å². The molecule has 0 fully saturated rings.